The Hall–Kier alpha value is -1.24. The lowest BCUT2D eigenvalue weighted by Gasteiger charge is -1.97. The molecule has 0 unspecified atom stereocenters. The second-order valence-corrected chi connectivity index (χ2v) is 2.94. The van der Waals surface area contributed by atoms with Gasteiger partial charge in [0.15, 0.2) is 0 Å². The minimum atomic E-state index is 1.18. The van der Waals surface area contributed by atoms with E-state index in [0.29, 0.717) is 0 Å². The maximum atomic E-state index is 3.16. The largest absolute Gasteiger partial charge is 0.360 e. The second kappa shape index (κ2) is 2.12. The summed E-state index contributed by atoms with van der Waals surface area (Å²) in [5.74, 6) is 0. The first-order valence-corrected chi connectivity index (χ1v) is 3.73. The number of aryl methyl sites for hydroxylation is 2. The molecule has 55 valence electrons. The Morgan fingerprint density at radius 3 is 2.91 bits per heavy atom. The van der Waals surface area contributed by atoms with Crippen LogP contribution >= 0.6 is 0 Å². The Bertz CT molecular complexity index is 385. The van der Waals surface area contributed by atoms with Crippen LogP contribution in [0.5, 0.6) is 0 Å². The molecular weight excluding hydrogens is 134 g/mol. The molecule has 1 heterocycles. The molecule has 0 aliphatic heterocycles. The van der Waals surface area contributed by atoms with Crippen molar-refractivity contribution in [2.45, 2.75) is 13.8 Å². The SMILES string of the molecule is Cc1cc(C)c2[nH]c[c]c2c1. The lowest BCUT2D eigenvalue weighted by Crippen LogP contribution is -1.78. The van der Waals surface area contributed by atoms with Gasteiger partial charge in [-0.3, -0.25) is 0 Å². The van der Waals surface area contributed by atoms with Crippen molar-refractivity contribution in [3.8, 4) is 0 Å². The quantitative estimate of drug-likeness (QED) is 0.585. The molecular formula is C10H10N. The van der Waals surface area contributed by atoms with Crippen molar-refractivity contribution in [3.05, 3.63) is 35.5 Å². The zero-order chi connectivity index (χ0) is 7.84. The molecule has 1 heteroatoms. The van der Waals surface area contributed by atoms with Crippen LogP contribution in [0.4, 0.5) is 0 Å². The van der Waals surface area contributed by atoms with Gasteiger partial charge in [0.2, 0.25) is 0 Å². The number of H-pyrrole nitrogens is 1. The fourth-order valence-electron chi connectivity index (χ4n) is 1.46. The van der Waals surface area contributed by atoms with E-state index in [1.54, 1.807) is 0 Å². The van der Waals surface area contributed by atoms with E-state index in [2.05, 4.69) is 37.0 Å². The van der Waals surface area contributed by atoms with E-state index in [9.17, 15) is 0 Å². The van der Waals surface area contributed by atoms with Crippen molar-refractivity contribution in [2.24, 2.45) is 0 Å². The molecule has 0 spiro atoms. The lowest BCUT2D eigenvalue weighted by atomic mass is 10.1. The molecule has 2 rings (SSSR count). The van der Waals surface area contributed by atoms with Gasteiger partial charge in [-0.05, 0) is 25.5 Å². The van der Waals surface area contributed by atoms with Gasteiger partial charge < -0.3 is 4.98 Å². The number of hydrogen-bond donors (Lipinski definition) is 1. The topological polar surface area (TPSA) is 15.8 Å². The third kappa shape index (κ3) is 0.929. The highest BCUT2D eigenvalue weighted by Gasteiger charge is 1.97. The number of aromatic amines is 1. The molecule has 1 nitrogen and oxygen atoms in total. The van der Waals surface area contributed by atoms with Crippen molar-refractivity contribution < 1.29 is 0 Å². The molecule has 0 saturated heterocycles. The van der Waals surface area contributed by atoms with Crippen LogP contribution in [0.2, 0.25) is 0 Å². The van der Waals surface area contributed by atoms with Crippen LogP contribution < -0.4 is 0 Å². The van der Waals surface area contributed by atoms with Crippen LogP contribution in [0, 0.1) is 19.9 Å². The summed E-state index contributed by atoms with van der Waals surface area (Å²) in [5.41, 5.74) is 3.79. The Labute approximate surface area is 66.1 Å². The fourth-order valence-corrected chi connectivity index (χ4v) is 1.46. The number of aromatic nitrogens is 1. The molecule has 2 aromatic rings. The van der Waals surface area contributed by atoms with Gasteiger partial charge in [-0.1, -0.05) is 11.6 Å². The Morgan fingerprint density at radius 1 is 1.27 bits per heavy atom. The molecule has 1 radical (unpaired) electrons. The maximum Gasteiger partial charge on any atom is 0.0490 e. The zero-order valence-corrected chi connectivity index (χ0v) is 6.73. The van der Waals surface area contributed by atoms with Crippen molar-refractivity contribution >= 4 is 10.9 Å². The van der Waals surface area contributed by atoms with Gasteiger partial charge in [0, 0.05) is 23.2 Å². The summed E-state index contributed by atoms with van der Waals surface area (Å²) in [5, 5.41) is 1.18. The first kappa shape index (κ1) is 6.47. The van der Waals surface area contributed by atoms with Crippen LogP contribution in [-0.2, 0) is 0 Å². The summed E-state index contributed by atoms with van der Waals surface area (Å²) in [4.78, 5) is 3.16. The first-order chi connectivity index (χ1) is 5.27. The second-order valence-electron chi connectivity index (χ2n) is 2.94. The Kier molecular flexibility index (Phi) is 1.25. The normalized spacial score (nSPS) is 10.7. The summed E-state index contributed by atoms with van der Waals surface area (Å²) >= 11 is 0. The molecule has 0 aliphatic carbocycles. The third-order valence-corrected chi connectivity index (χ3v) is 1.92. The Balaban J connectivity index is 2.91. The van der Waals surface area contributed by atoms with Gasteiger partial charge >= 0.3 is 0 Å². The Morgan fingerprint density at radius 2 is 2.09 bits per heavy atom. The van der Waals surface area contributed by atoms with Gasteiger partial charge in [0.25, 0.3) is 0 Å². The lowest BCUT2D eigenvalue weighted by molar-refractivity contribution is 1.38. The third-order valence-electron chi connectivity index (χ3n) is 1.92. The average Bonchev–Trinajstić information content (AvgIpc) is 2.34. The smallest absolute Gasteiger partial charge is 0.0490 e. The number of benzene rings is 1. The maximum absolute atomic E-state index is 3.16. The number of nitrogens with one attached hydrogen (secondary N) is 1. The molecule has 1 aromatic heterocycles. The van der Waals surface area contributed by atoms with Crippen LogP contribution in [0.1, 0.15) is 11.1 Å². The number of rotatable bonds is 0. The van der Waals surface area contributed by atoms with Crippen LogP contribution in [-0.4, -0.2) is 4.98 Å². The molecule has 11 heavy (non-hydrogen) atoms. The predicted octanol–water partition coefficient (Wildman–Crippen LogP) is 2.58. The molecule has 0 fully saturated rings. The molecule has 0 bridgehead atoms. The van der Waals surface area contributed by atoms with Crippen molar-refractivity contribution in [1.29, 1.82) is 0 Å². The van der Waals surface area contributed by atoms with E-state index in [0.717, 1.165) is 0 Å². The van der Waals surface area contributed by atoms with Crippen LogP contribution in [0.3, 0.4) is 0 Å². The van der Waals surface area contributed by atoms with Crippen molar-refractivity contribution in [3.63, 3.8) is 0 Å². The van der Waals surface area contributed by atoms with Crippen molar-refractivity contribution in [1.82, 2.24) is 4.98 Å². The molecule has 1 aromatic carbocycles. The number of hydrogen-bond acceptors (Lipinski definition) is 0. The van der Waals surface area contributed by atoms with Gasteiger partial charge in [-0.25, -0.2) is 0 Å². The van der Waals surface area contributed by atoms with E-state index in [1.165, 1.54) is 22.0 Å². The minimum Gasteiger partial charge on any atom is -0.360 e. The van der Waals surface area contributed by atoms with E-state index >= 15 is 0 Å². The number of fused-ring (bicyclic) bond motifs is 1. The standard InChI is InChI=1S/C10H10N/c1-7-5-8(2)10-9(6-7)3-4-11-10/h4-6,11H,1-2H3. The van der Waals surface area contributed by atoms with E-state index in [1.807, 2.05) is 6.20 Å². The molecule has 0 amide bonds. The van der Waals surface area contributed by atoms with E-state index in [-0.39, 0.29) is 0 Å². The highest BCUT2D eigenvalue weighted by molar-refractivity contribution is 5.82. The van der Waals surface area contributed by atoms with Crippen LogP contribution in [0.15, 0.2) is 18.3 Å². The molecule has 1 N–H and O–H groups in total. The highest BCUT2D eigenvalue weighted by atomic mass is 14.7. The van der Waals surface area contributed by atoms with E-state index in [4.69, 9.17) is 0 Å². The summed E-state index contributed by atoms with van der Waals surface area (Å²) < 4.78 is 0. The fraction of sp³-hybridized carbons (Fsp3) is 0.200. The average molecular weight is 144 g/mol. The summed E-state index contributed by atoms with van der Waals surface area (Å²) in [6, 6.07) is 7.46. The summed E-state index contributed by atoms with van der Waals surface area (Å²) in [7, 11) is 0. The predicted molar refractivity (Wildman–Crippen MR) is 46.6 cm³/mol. The van der Waals surface area contributed by atoms with Gasteiger partial charge in [0.1, 0.15) is 0 Å². The summed E-state index contributed by atoms with van der Waals surface area (Å²) in [6.07, 6.45) is 1.86. The molecule has 0 saturated carbocycles. The zero-order valence-electron chi connectivity index (χ0n) is 6.73. The molecule has 0 atom stereocenters. The first-order valence-electron chi connectivity index (χ1n) is 3.73. The summed E-state index contributed by atoms with van der Waals surface area (Å²) in [6.45, 7) is 4.22. The van der Waals surface area contributed by atoms with Gasteiger partial charge in [0.05, 0.1) is 0 Å². The van der Waals surface area contributed by atoms with Crippen LogP contribution in [0.25, 0.3) is 10.9 Å². The van der Waals surface area contributed by atoms with Gasteiger partial charge in [-0.2, -0.15) is 0 Å². The minimum absolute atomic E-state index is 1.18. The monoisotopic (exact) mass is 144 g/mol. The molecule has 0 aliphatic rings. The van der Waals surface area contributed by atoms with Crippen molar-refractivity contribution in [2.75, 3.05) is 0 Å². The van der Waals surface area contributed by atoms with E-state index < -0.39 is 0 Å². The van der Waals surface area contributed by atoms with Gasteiger partial charge in [-0.15, -0.1) is 0 Å². The highest BCUT2D eigenvalue weighted by Crippen LogP contribution is 2.17.